The fourth-order valence-corrected chi connectivity index (χ4v) is 5.86. The predicted octanol–water partition coefficient (Wildman–Crippen LogP) is 4.93. The molecule has 0 spiro atoms. The van der Waals surface area contributed by atoms with Crippen LogP contribution in [0.15, 0.2) is 54.7 Å². The number of urea groups is 1. The monoisotopic (exact) mass is 551 g/mol. The van der Waals surface area contributed by atoms with Crippen LogP contribution in [0, 0.1) is 5.82 Å². The standard InChI is InChI=1S/C26H23ClFN7O2S/c27-19-15-18(4-5-20(19)28)35-9-8-34(26(35)36)17-3-1-2-16(14-17)23-22(21-6-7-30-24(29)31-21)32-25(38-23)33-10-12-37-13-11-33/h1-7,14-15H,8-13H2,(H2,29,30,31). The molecule has 2 aliphatic rings. The van der Waals surface area contributed by atoms with E-state index < -0.39 is 5.82 Å². The summed E-state index contributed by atoms with van der Waals surface area (Å²) in [6, 6.07) is 13.7. The molecule has 0 atom stereocenters. The lowest BCUT2D eigenvalue weighted by molar-refractivity contribution is 0.122. The van der Waals surface area contributed by atoms with Gasteiger partial charge in [0.05, 0.1) is 28.8 Å². The minimum atomic E-state index is -0.520. The molecule has 12 heteroatoms. The Morgan fingerprint density at radius 2 is 1.74 bits per heavy atom. The highest BCUT2D eigenvalue weighted by Crippen LogP contribution is 2.41. The van der Waals surface area contributed by atoms with Gasteiger partial charge in [0.1, 0.15) is 11.5 Å². The number of morpholine rings is 1. The smallest absolute Gasteiger partial charge is 0.329 e. The average molecular weight is 552 g/mol. The highest BCUT2D eigenvalue weighted by molar-refractivity contribution is 7.19. The summed E-state index contributed by atoms with van der Waals surface area (Å²) in [5.74, 6) is -0.347. The Kier molecular flexibility index (Phi) is 6.56. The third kappa shape index (κ3) is 4.64. The number of nitrogens with zero attached hydrogens (tertiary/aromatic N) is 6. The predicted molar refractivity (Wildman–Crippen MR) is 148 cm³/mol. The molecular weight excluding hydrogens is 529 g/mol. The maximum atomic E-state index is 13.7. The number of nitrogen functional groups attached to an aromatic ring is 1. The summed E-state index contributed by atoms with van der Waals surface area (Å²) in [5.41, 5.74) is 9.43. The number of anilines is 4. The first-order valence-corrected chi connectivity index (χ1v) is 13.2. The molecule has 0 bridgehead atoms. The molecule has 38 heavy (non-hydrogen) atoms. The minimum absolute atomic E-state index is 0.0186. The van der Waals surface area contributed by atoms with Crippen molar-refractivity contribution in [2.45, 2.75) is 0 Å². The zero-order valence-electron chi connectivity index (χ0n) is 20.2. The van der Waals surface area contributed by atoms with E-state index in [4.69, 9.17) is 27.1 Å². The first-order valence-electron chi connectivity index (χ1n) is 12.0. The third-order valence-corrected chi connectivity index (χ3v) is 7.91. The van der Waals surface area contributed by atoms with E-state index >= 15 is 0 Å². The van der Waals surface area contributed by atoms with Gasteiger partial charge in [0.15, 0.2) is 5.13 Å². The van der Waals surface area contributed by atoms with Gasteiger partial charge in [0.25, 0.3) is 0 Å². The molecule has 4 aromatic rings. The number of hydrogen-bond donors (Lipinski definition) is 1. The number of aromatic nitrogens is 3. The van der Waals surface area contributed by atoms with Crippen molar-refractivity contribution in [3.05, 3.63) is 65.6 Å². The SMILES string of the molecule is Nc1nccc(-c2nc(N3CCOCC3)sc2-c2cccc(N3CCN(c4ccc(F)c(Cl)c4)C3=O)c2)n1. The van der Waals surface area contributed by atoms with Crippen molar-refractivity contribution in [1.82, 2.24) is 15.0 Å². The second-order valence-electron chi connectivity index (χ2n) is 8.81. The van der Waals surface area contributed by atoms with Crippen LogP contribution in [0.3, 0.4) is 0 Å². The summed E-state index contributed by atoms with van der Waals surface area (Å²) in [5, 5.41) is 0.854. The molecule has 2 N–H and O–H groups in total. The van der Waals surface area contributed by atoms with Crippen LogP contribution in [0.5, 0.6) is 0 Å². The summed E-state index contributed by atoms with van der Waals surface area (Å²) < 4.78 is 19.2. The Morgan fingerprint density at radius 1 is 0.974 bits per heavy atom. The van der Waals surface area contributed by atoms with Crippen molar-refractivity contribution >= 4 is 51.4 Å². The number of rotatable bonds is 5. The van der Waals surface area contributed by atoms with Crippen LogP contribution in [-0.4, -0.2) is 60.4 Å². The van der Waals surface area contributed by atoms with Gasteiger partial charge in [-0.05, 0) is 42.0 Å². The number of benzene rings is 2. The molecule has 2 saturated heterocycles. The van der Waals surface area contributed by atoms with E-state index in [1.165, 1.54) is 12.1 Å². The molecule has 2 amide bonds. The van der Waals surface area contributed by atoms with Gasteiger partial charge in [0.2, 0.25) is 5.95 Å². The normalized spacial score (nSPS) is 15.9. The van der Waals surface area contributed by atoms with Gasteiger partial charge in [0, 0.05) is 43.8 Å². The molecule has 0 aliphatic carbocycles. The Balaban J connectivity index is 1.35. The Bertz CT molecular complexity index is 1510. The van der Waals surface area contributed by atoms with Crippen LogP contribution < -0.4 is 20.4 Å². The van der Waals surface area contributed by atoms with Gasteiger partial charge in [-0.3, -0.25) is 9.80 Å². The molecule has 194 valence electrons. The Hall–Kier alpha value is -3.80. The average Bonchev–Trinajstić information content (AvgIpc) is 3.55. The molecule has 0 radical (unpaired) electrons. The zero-order chi connectivity index (χ0) is 26.2. The van der Waals surface area contributed by atoms with Gasteiger partial charge in [-0.25, -0.2) is 24.1 Å². The molecule has 2 aromatic heterocycles. The van der Waals surface area contributed by atoms with Crippen LogP contribution in [0.25, 0.3) is 21.8 Å². The van der Waals surface area contributed by atoms with Crippen LogP contribution in [-0.2, 0) is 4.74 Å². The van der Waals surface area contributed by atoms with Gasteiger partial charge in [-0.2, -0.15) is 0 Å². The van der Waals surface area contributed by atoms with E-state index in [0.717, 1.165) is 34.3 Å². The van der Waals surface area contributed by atoms with Gasteiger partial charge >= 0.3 is 6.03 Å². The topological polar surface area (TPSA) is 101 Å². The van der Waals surface area contributed by atoms with Crippen LogP contribution >= 0.6 is 22.9 Å². The van der Waals surface area contributed by atoms with Gasteiger partial charge in [-0.1, -0.05) is 35.1 Å². The lowest BCUT2D eigenvalue weighted by atomic mass is 10.1. The summed E-state index contributed by atoms with van der Waals surface area (Å²) in [6.45, 7) is 3.74. The Labute approximate surface area is 227 Å². The molecule has 2 fully saturated rings. The number of nitrogens with two attached hydrogens (primary N) is 1. The lowest BCUT2D eigenvalue weighted by Gasteiger charge is -2.26. The first-order chi connectivity index (χ1) is 18.5. The summed E-state index contributed by atoms with van der Waals surface area (Å²) in [4.78, 5) is 33.1. The van der Waals surface area contributed by atoms with E-state index in [1.54, 1.807) is 39.5 Å². The molecule has 0 saturated carbocycles. The van der Waals surface area contributed by atoms with Crippen LogP contribution in [0.2, 0.25) is 5.02 Å². The van der Waals surface area contributed by atoms with Crippen molar-refractivity contribution in [2.24, 2.45) is 0 Å². The molecule has 2 aromatic carbocycles. The van der Waals surface area contributed by atoms with E-state index in [0.29, 0.717) is 43.4 Å². The largest absolute Gasteiger partial charge is 0.378 e. The number of ether oxygens (including phenoxy) is 1. The van der Waals surface area contributed by atoms with Gasteiger partial charge in [-0.15, -0.1) is 0 Å². The quantitative estimate of drug-likeness (QED) is 0.375. The summed E-state index contributed by atoms with van der Waals surface area (Å²) in [6.07, 6.45) is 1.62. The van der Waals surface area contributed by atoms with Crippen molar-refractivity contribution in [3.8, 4) is 21.8 Å². The number of amides is 2. The zero-order valence-corrected chi connectivity index (χ0v) is 21.8. The number of carbonyl (C=O) groups excluding carboxylic acids is 1. The van der Waals surface area contributed by atoms with E-state index in [2.05, 4.69) is 14.9 Å². The first kappa shape index (κ1) is 24.5. The molecule has 6 rings (SSSR count). The molecule has 2 aliphatic heterocycles. The fourth-order valence-electron chi connectivity index (χ4n) is 4.56. The molecule has 4 heterocycles. The van der Waals surface area contributed by atoms with Crippen molar-refractivity contribution in [1.29, 1.82) is 0 Å². The van der Waals surface area contributed by atoms with Crippen LogP contribution in [0.1, 0.15) is 0 Å². The Morgan fingerprint density at radius 3 is 2.47 bits per heavy atom. The lowest BCUT2D eigenvalue weighted by Crippen LogP contribution is -2.36. The van der Waals surface area contributed by atoms with Crippen molar-refractivity contribution in [2.75, 3.05) is 59.8 Å². The number of thiazole rings is 1. The summed E-state index contributed by atoms with van der Waals surface area (Å²) >= 11 is 7.52. The maximum Gasteiger partial charge on any atom is 0.329 e. The van der Waals surface area contributed by atoms with Crippen molar-refractivity contribution in [3.63, 3.8) is 0 Å². The van der Waals surface area contributed by atoms with Crippen LogP contribution in [0.4, 0.5) is 31.6 Å². The molecule has 9 nitrogen and oxygen atoms in total. The number of carbonyl (C=O) groups is 1. The van der Waals surface area contributed by atoms with E-state index in [-0.39, 0.29) is 17.0 Å². The third-order valence-electron chi connectivity index (χ3n) is 6.46. The van der Waals surface area contributed by atoms with E-state index in [1.807, 2.05) is 24.3 Å². The highest BCUT2D eigenvalue weighted by Gasteiger charge is 2.31. The number of halogens is 2. The minimum Gasteiger partial charge on any atom is -0.378 e. The number of hydrogen-bond acceptors (Lipinski definition) is 8. The maximum absolute atomic E-state index is 13.7. The highest BCUT2D eigenvalue weighted by atomic mass is 35.5. The summed E-state index contributed by atoms with van der Waals surface area (Å²) in [7, 11) is 0. The van der Waals surface area contributed by atoms with Gasteiger partial charge < -0.3 is 15.4 Å². The molecule has 0 unspecified atom stereocenters. The van der Waals surface area contributed by atoms with Crippen molar-refractivity contribution < 1.29 is 13.9 Å². The second kappa shape index (κ2) is 10.2. The fraction of sp³-hybridized carbons (Fsp3) is 0.231. The molecular formula is C26H23ClFN7O2S. The van der Waals surface area contributed by atoms with E-state index in [9.17, 15) is 9.18 Å². The second-order valence-corrected chi connectivity index (χ2v) is 10.2.